The molecule has 0 N–H and O–H groups in total. The summed E-state index contributed by atoms with van der Waals surface area (Å²) in [5, 5.41) is 4.09. The molecule has 3 heterocycles. The van der Waals surface area contributed by atoms with Crippen LogP contribution in [0.25, 0.3) is 11.3 Å². The van der Waals surface area contributed by atoms with Crippen LogP contribution in [0.4, 0.5) is 0 Å². The molecule has 6 nitrogen and oxygen atoms in total. The summed E-state index contributed by atoms with van der Waals surface area (Å²) in [5.41, 5.74) is 5.54. The van der Waals surface area contributed by atoms with E-state index in [1.807, 2.05) is 17.3 Å². The van der Waals surface area contributed by atoms with Gasteiger partial charge in [-0.25, -0.2) is 0 Å². The Hall–Kier alpha value is -2.99. The Balaban J connectivity index is 1.18. The standard InChI is InChI=1S/C25H28N4O2/c30-25(29-15-13-28(14-16-29)12-9-19-7-10-26-11-8-19)23-18-24(31-27-23)22-6-5-20-3-1-2-4-21(20)17-22/h5-8,10-11,17-18H,1-4,9,12-16H2. The van der Waals surface area contributed by atoms with Gasteiger partial charge in [0.25, 0.3) is 5.91 Å². The van der Waals surface area contributed by atoms with Crippen molar-refractivity contribution in [1.29, 1.82) is 0 Å². The van der Waals surface area contributed by atoms with Crippen LogP contribution in [-0.2, 0) is 19.3 Å². The van der Waals surface area contributed by atoms with Crippen molar-refractivity contribution in [3.05, 3.63) is 71.2 Å². The SMILES string of the molecule is O=C(c1cc(-c2ccc3c(c2)CCCC3)on1)N1CCN(CCc2ccncc2)CC1. The first-order chi connectivity index (χ1) is 15.3. The summed E-state index contributed by atoms with van der Waals surface area (Å²) in [7, 11) is 0. The zero-order valence-corrected chi connectivity index (χ0v) is 17.8. The average molecular weight is 417 g/mol. The molecule has 1 saturated heterocycles. The zero-order valence-electron chi connectivity index (χ0n) is 17.8. The number of nitrogens with zero attached hydrogens (tertiary/aromatic N) is 4. The highest BCUT2D eigenvalue weighted by atomic mass is 16.5. The largest absolute Gasteiger partial charge is 0.355 e. The molecule has 1 amide bonds. The molecule has 1 fully saturated rings. The fraction of sp³-hybridized carbons (Fsp3) is 0.400. The third-order valence-electron chi connectivity index (χ3n) is 6.49. The van der Waals surface area contributed by atoms with Crippen molar-refractivity contribution in [3.63, 3.8) is 0 Å². The molecule has 3 aromatic rings. The summed E-state index contributed by atoms with van der Waals surface area (Å²) in [6.45, 7) is 4.20. The second-order valence-electron chi connectivity index (χ2n) is 8.51. The third-order valence-corrected chi connectivity index (χ3v) is 6.49. The van der Waals surface area contributed by atoms with Gasteiger partial charge in [0.2, 0.25) is 0 Å². The van der Waals surface area contributed by atoms with Gasteiger partial charge in [0.15, 0.2) is 11.5 Å². The molecule has 160 valence electrons. The molecule has 1 aliphatic carbocycles. The smallest absolute Gasteiger partial charge is 0.276 e. The van der Waals surface area contributed by atoms with Gasteiger partial charge in [0, 0.05) is 56.7 Å². The normalized spacial score (nSPS) is 16.8. The number of piperazine rings is 1. The highest BCUT2D eigenvalue weighted by Gasteiger charge is 2.25. The van der Waals surface area contributed by atoms with Gasteiger partial charge in [0.05, 0.1) is 0 Å². The topological polar surface area (TPSA) is 62.5 Å². The molecule has 5 rings (SSSR count). The second-order valence-corrected chi connectivity index (χ2v) is 8.51. The van der Waals surface area contributed by atoms with E-state index in [-0.39, 0.29) is 5.91 Å². The van der Waals surface area contributed by atoms with Crippen LogP contribution in [0, 0.1) is 0 Å². The summed E-state index contributed by atoms with van der Waals surface area (Å²) in [6, 6.07) is 12.4. The number of hydrogen-bond acceptors (Lipinski definition) is 5. The Labute approximate surface area is 182 Å². The van der Waals surface area contributed by atoms with E-state index in [1.165, 1.54) is 29.5 Å². The van der Waals surface area contributed by atoms with Gasteiger partial charge < -0.3 is 9.42 Å². The van der Waals surface area contributed by atoms with E-state index in [4.69, 9.17) is 4.52 Å². The minimum Gasteiger partial charge on any atom is -0.355 e. The highest BCUT2D eigenvalue weighted by molar-refractivity contribution is 5.93. The van der Waals surface area contributed by atoms with Crippen LogP contribution >= 0.6 is 0 Å². The molecule has 0 atom stereocenters. The van der Waals surface area contributed by atoms with Crippen LogP contribution in [-0.4, -0.2) is 58.6 Å². The molecule has 2 aromatic heterocycles. The number of fused-ring (bicyclic) bond motifs is 1. The van der Waals surface area contributed by atoms with Gasteiger partial charge in [-0.05, 0) is 67.0 Å². The summed E-state index contributed by atoms with van der Waals surface area (Å²) in [5.74, 6) is 0.634. The summed E-state index contributed by atoms with van der Waals surface area (Å²) >= 11 is 0. The molecule has 1 aliphatic heterocycles. The molecular formula is C25H28N4O2. The predicted octanol–water partition coefficient (Wildman–Crippen LogP) is 3.62. The Morgan fingerprint density at radius 1 is 0.935 bits per heavy atom. The van der Waals surface area contributed by atoms with Gasteiger partial charge >= 0.3 is 0 Å². The van der Waals surface area contributed by atoms with Crippen molar-refractivity contribution in [1.82, 2.24) is 19.9 Å². The number of carbonyl (C=O) groups excluding carboxylic acids is 1. The number of aromatic nitrogens is 2. The van der Waals surface area contributed by atoms with Crippen LogP contribution in [0.1, 0.15) is 40.0 Å². The number of amides is 1. The lowest BCUT2D eigenvalue weighted by atomic mass is 9.90. The Kier molecular flexibility index (Phi) is 5.80. The first-order valence-corrected chi connectivity index (χ1v) is 11.3. The Morgan fingerprint density at radius 2 is 1.71 bits per heavy atom. The van der Waals surface area contributed by atoms with Crippen LogP contribution in [0.15, 0.2) is 53.3 Å². The molecular weight excluding hydrogens is 388 g/mol. The van der Waals surface area contributed by atoms with Crippen molar-refractivity contribution in [3.8, 4) is 11.3 Å². The van der Waals surface area contributed by atoms with E-state index in [2.05, 4.69) is 45.4 Å². The van der Waals surface area contributed by atoms with E-state index in [9.17, 15) is 4.79 Å². The quantitative estimate of drug-likeness (QED) is 0.636. The monoisotopic (exact) mass is 416 g/mol. The summed E-state index contributed by atoms with van der Waals surface area (Å²) in [4.78, 5) is 21.3. The van der Waals surface area contributed by atoms with Crippen LogP contribution in [0.5, 0.6) is 0 Å². The second kappa shape index (κ2) is 9.02. The number of benzene rings is 1. The van der Waals surface area contributed by atoms with E-state index in [0.29, 0.717) is 11.5 Å². The van der Waals surface area contributed by atoms with Gasteiger partial charge in [-0.15, -0.1) is 0 Å². The minimum atomic E-state index is -0.0401. The number of hydrogen-bond donors (Lipinski definition) is 0. The lowest BCUT2D eigenvalue weighted by Gasteiger charge is -2.34. The van der Waals surface area contributed by atoms with Crippen LogP contribution in [0.2, 0.25) is 0 Å². The number of rotatable bonds is 5. The van der Waals surface area contributed by atoms with Gasteiger partial charge in [-0.1, -0.05) is 17.3 Å². The van der Waals surface area contributed by atoms with E-state index < -0.39 is 0 Å². The first kappa shape index (κ1) is 19.9. The van der Waals surface area contributed by atoms with E-state index in [1.54, 1.807) is 6.07 Å². The van der Waals surface area contributed by atoms with Crippen molar-refractivity contribution in [2.24, 2.45) is 0 Å². The number of pyridine rings is 1. The maximum absolute atomic E-state index is 12.9. The van der Waals surface area contributed by atoms with Gasteiger partial charge in [0.1, 0.15) is 0 Å². The summed E-state index contributed by atoms with van der Waals surface area (Å²) in [6.07, 6.45) is 9.46. The Morgan fingerprint density at radius 3 is 2.52 bits per heavy atom. The molecule has 0 saturated carbocycles. The first-order valence-electron chi connectivity index (χ1n) is 11.3. The Bertz CT molecular complexity index is 1040. The predicted molar refractivity (Wildman–Crippen MR) is 119 cm³/mol. The minimum absolute atomic E-state index is 0.0401. The average Bonchev–Trinajstić information content (AvgIpc) is 3.33. The van der Waals surface area contributed by atoms with Gasteiger partial charge in [-0.3, -0.25) is 14.7 Å². The van der Waals surface area contributed by atoms with E-state index >= 15 is 0 Å². The molecule has 2 aliphatic rings. The van der Waals surface area contributed by atoms with Gasteiger partial charge in [-0.2, -0.15) is 0 Å². The molecule has 6 heteroatoms. The van der Waals surface area contributed by atoms with Crippen molar-refractivity contribution in [2.45, 2.75) is 32.1 Å². The van der Waals surface area contributed by atoms with Crippen LogP contribution < -0.4 is 0 Å². The molecule has 0 bridgehead atoms. The van der Waals surface area contributed by atoms with E-state index in [0.717, 1.165) is 57.5 Å². The van der Waals surface area contributed by atoms with Crippen LogP contribution in [0.3, 0.4) is 0 Å². The third kappa shape index (κ3) is 4.54. The molecule has 31 heavy (non-hydrogen) atoms. The highest BCUT2D eigenvalue weighted by Crippen LogP contribution is 2.28. The van der Waals surface area contributed by atoms with Crippen molar-refractivity contribution < 1.29 is 9.32 Å². The fourth-order valence-corrected chi connectivity index (χ4v) is 4.57. The van der Waals surface area contributed by atoms with Crippen molar-refractivity contribution in [2.75, 3.05) is 32.7 Å². The molecule has 0 unspecified atom stereocenters. The zero-order chi connectivity index (χ0) is 21.0. The molecule has 0 spiro atoms. The summed E-state index contributed by atoms with van der Waals surface area (Å²) < 4.78 is 5.55. The number of aryl methyl sites for hydroxylation is 2. The lowest BCUT2D eigenvalue weighted by Crippen LogP contribution is -2.49. The fourth-order valence-electron chi connectivity index (χ4n) is 4.57. The molecule has 0 radical (unpaired) electrons. The van der Waals surface area contributed by atoms with Crippen molar-refractivity contribution >= 4 is 5.91 Å². The maximum Gasteiger partial charge on any atom is 0.276 e. The number of carbonyl (C=O) groups is 1. The lowest BCUT2D eigenvalue weighted by molar-refractivity contribution is 0.0628. The maximum atomic E-state index is 12.9. The molecule has 1 aromatic carbocycles.